The Kier molecular flexibility index (Phi) is 6.26. The number of benzene rings is 7. The summed E-state index contributed by atoms with van der Waals surface area (Å²) < 4.78 is 15.5. The molecule has 242 valence electrons. The number of thiophene rings is 1. The third-order valence-electron chi connectivity index (χ3n) is 10.2. The highest BCUT2D eigenvalue weighted by Crippen LogP contribution is 2.43. The molecule has 0 spiro atoms. The second-order valence-corrected chi connectivity index (χ2v) is 14.2. The lowest BCUT2D eigenvalue weighted by atomic mass is 9.97. The van der Waals surface area contributed by atoms with Gasteiger partial charge in [-0.15, -0.1) is 11.3 Å². The number of rotatable bonds is 4. The lowest BCUT2D eigenvalue weighted by Gasteiger charge is -2.32. The van der Waals surface area contributed by atoms with Crippen molar-refractivity contribution in [3.05, 3.63) is 168 Å². The molecule has 2 atom stereocenters. The van der Waals surface area contributed by atoms with E-state index in [9.17, 15) is 0 Å². The standard InChI is InChI=1S/C45H29N3O2S/c1-2-11-26(12-3-1)43-46-44(48-45(47-43)34-19-9-18-33-29-14-5-7-22-39(29)51-42(33)34)27-23-24-37-35(25-27)40-30(15-10-21-38(40)49-37)32-17-8-16-31-28-13-4-6-20-36(28)50-41(31)32/h1-25,43,45,47H,(H,46,48). The van der Waals surface area contributed by atoms with Gasteiger partial charge in [0, 0.05) is 58.4 Å². The average Bonchev–Trinajstić information content (AvgIpc) is 3.89. The van der Waals surface area contributed by atoms with Gasteiger partial charge >= 0.3 is 0 Å². The van der Waals surface area contributed by atoms with Gasteiger partial charge < -0.3 is 14.2 Å². The second kappa shape index (κ2) is 11.2. The summed E-state index contributed by atoms with van der Waals surface area (Å²) in [5, 5.41) is 14.4. The third kappa shape index (κ3) is 4.47. The van der Waals surface area contributed by atoms with Crippen LogP contribution in [0, 0.1) is 0 Å². The molecule has 1 aliphatic rings. The number of furan rings is 2. The molecule has 11 rings (SSSR count). The van der Waals surface area contributed by atoms with Crippen molar-refractivity contribution >= 4 is 81.2 Å². The second-order valence-electron chi connectivity index (χ2n) is 13.1. The molecule has 1 aliphatic heterocycles. The third-order valence-corrected chi connectivity index (χ3v) is 11.4. The van der Waals surface area contributed by atoms with Gasteiger partial charge in [-0.25, -0.2) is 4.99 Å². The zero-order valence-corrected chi connectivity index (χ0v) is 28.1. The molecule has 7 aromatic carbocycles. The molecule has 0 fully saturated rings. The van der Waals surface area contributed by atoms with Gasteiger partial charge in [-0.05, 0) is 47.5 Å². The Morgan fingerprint density at radius 3 is 2.22 bits per heavy atom. The number of nitrogens with zero attached hydrogens (tertiary/aromatic N) is 1. The molecule has 0 saturated carbocycles. The Morgan fingerprint density at radius 2 is 1.27 bits per heavy atom. The minimum Gasteiger partial charge on any atom is -0.456 e. The van der Waals surface area contributed by atoms with Gasteiger partial charge in [0.2, 0.25) is 0 Å². The fraction of sp³-hybridized carbons (Fsp3) is 0.0444. The van der Waals surface area contributed by atoms with E-state index in [1.165, 1.54) is 25.7 Å². The van der Waals surface area contributed by atoms with E-state index in [4.69, 9.17) is 13.8 Å². The molecular formula is C45H29N3O2S. The van der Waals surface area contributed by atoms with Crippen molar-refractivity contribution in [2.45, 2.75) is 12.3 Å². The van der Waals surface area contributed by atoms with Crippen LogP contribution in [0.15, 0.2) is 165 Å². The summed E-state index contributed by atoms with van der Waals surface area (Å²) in [5.41, 5.74) is 8.87. The minimum atomic E-state index is -0.263. The highest BCUT2D eigenvalue weighted by Gasteiger charge is 2.28. The Labute approximate surface area is 296 Å². The molecule has 4 heterocycles. The smallest absolute Gasteiger partial charge is 0.143 e. The molecule has 0 saturated heterocycles. The summed E-state index contributed by atoms with van der Waals surface area (Å²) in [6.07, 6.45) is -0.410. The Hall–Kier alpha value is -6.21. The summed E-state index contributed by atoms with van der Waals surface area (Å²) in [6.45, 7) is 0. The number of hydrogen-bond donors (Lipinski definition) is 2. The summed E-state index contributed by atoms with van der Waals surface area (Å²) >= 11 is 1.83. The summed E-state index contributed by atoms with van der Waals surface area (Å²) in [7, 11) is 0. The van der Waals surface area contributed by atoms with Crippen molar-refractivity contribution in [2.75, 3.05) is 0 Å². The van der Waals surface area contributed by atoms with Crippen molar-refractivity contribution < 1.29 is 8.83 Å². The van der Waals surface area contributed by atoms with Gasteiger partial charge in [0.05, 0.1) is 0 Å². The van der Waals surface area contributed by atoms with E-state index in [1.807, 2.05) is 29.5 Å². The average molecular weight is 676 g/mol. The number of para-hydroxylation sites is 2. The quantitative estimate of drug-likeness (QED) is 0.195. The monoisotopic (exact) mass is 675 g/mol. The number of aliphatic imine (C=N–C) groups is 1. The van der Waals surface area contributed by atoms with Gasteiger partial charge in [-0.2, -0.15) is 0 Å². The van der Waals surface area contributed by atoms with Crippen molar-refractivity contribution in [1.82, 2.24) is 10.6 Å². The van der Waals surface area contributed by atoms with Gasteiger partial charge in [-0.3, -0.25) is 5.32 Å². The van der Waals surface area contributed by atoms with E-state index in [-0.39, 0.29) is 12.3 Å². The van der Waals surface area contributed by atoms with Crippen LogP contribution in [0.3, 0.4) is 0 Å². The highest BCUT2D eigenvalue weighted by molar-refractivity contribution is 7.26. The fourth-order valence-electron chi connectivity index (χ4n) is 7.82. The SMILES string of the molecule is c1ccc(C2NC(c3ccc4oc5cccc(-c6cccc7c6oc6ccccc67)c5c4c3)=NC(c3cccc4c3sc3ccccc34)N2)cc1. The van der Waals surface area contributed by atoms with Crippen LogP contribution >= 0.6 is 11.3 Å². The molecule has 10 aromatic rings. The minimum absolute atomic E-state index is 0.147. The first-order valence-electron chi connectivity index (χ1n) is 17.2. The molecular weight excluding hydrogens is 647 g/mol. The Morgan fingerprint density at radius 1 is 0.549 bits per heavy atom. The van der Waals surface area contributed by atoms with Crippen LogP contribution < -0.4 is 10.6 Å². The van der Waals surface area contributed by atoms with Crippen LogP contribution in [0.5, 0.6) is 0 Å². The summed E-state index contributed by atoms with van der Waals surface area (Å²) in [6, 6.07) is 53.0. The van der Waals surface area contributed by atoms with Crippen LogP contribution in [0.4, 0.5) is 0 Å². The van der Waals surface area contributed by atoms with Gasteiger partial charge in [0.1, 0.15) is 40.5 Å². The van der Waals surface area contributed by atoms with Crippen LogP contribution in [0.1, 0.15) is 29.0 Å². The molecule has 3 aromatic heterocycles. The first-order valence-corrected chi connectivity index (χ1v) is 18.0. The van der Waals surface area contributed by atoms with Crippen LogP contribution in [-0.2, 0) is 0 Å². The topological polar surface area (TPSA) is 62.7 Å². The van der Waals surface area contributed by atoms with Crippen molar-refractivity contribution in [1.29, 1.82) is 0 Å². The summed E-state index contributed by atoms with van der Waals surface area (Å²) in [4.78, 5) is 5.39. The van der Waals surface area contributed by atoms with E-state index < -0.39 is 0 Å². The Bertz CT molecular complexity index is 3010. The molecule has 0 amide bonds. The van der Waals surface area contributed by atoms with Crippen LogP contribution in [-0.4, -0.2) is 5.84 Å². The van der Waals surface area contributed by atoms with E-state index in [0.29, 0.717) is 0 Å². The highest BCUT2D eigenvalue weighted by atomic mass is 32.1. The number of amidine groups is 1. The predicted molar refractivity (Wildman–Crippen MR) is 210 cm³/mol. The van der Waals surface area contributed by atoms with E-state index in [2.05, 4.69) is 144 Å². The van der Waals surface area contributed by atoms with Crippen molar-refractivity contribution in [3.8, 4) is 11.1 Å². The zero-order chi connectivity index (χ0) is 33.5. The molecule has 2 N–H and O–H groups in total. The van der Waals surface area contributed by atoms with Crippen LogP contribution in [0.25, 0.3) is 75.2 Å². The van der Waals surface area contributed by atoms with E-state index >= 15 is 0 Å². The van der Waals surface area contributed by atoms with Crippen molar-refractivity contribution in [2.24, 2.45) is 4.99 Å². The molecule has 0 aliphatic carbocycles. The van der Waals surface area contributed by atoms with E-state index in [0.717, 1.165) is 72.0 Å². The fourth-order valence-corrected chi connectivity index (χ4v) is 9.06. The lowest BCUT2D eigenvalue weighted by Crippen LogP contribution is -2.44. The number of hydrogen-bond acceptors (Lipinski definition) is 6. The maximum atomic E-state index is 6.49. The molecule has 2 unspecified atom stereocenters. The first kappa shape index (κ1) is 28.6. The largest absolute Gasteiger partial charge is 0.456 e. The maximum absolute atomic E-state index is 6.49. The van der Waals surface area contributed by atoms with Gasteiger partial charge in [-0.1, -0.05) is 115 Å². The van der Waals surface area contributed by atoms with Crippen LogP contribution in [0.2, 0.25) is 0 Å². The Balaban J connectivity index is 1.09. The predicted octanol–water partition coefficient (Wildman–Crippen LogP) is 11.9. The molecule has 5 nitrogen and oxygen atoms in total. The number of nitrogens with one attached hydrogen (secondary N) is 2. The first-order chi connectivity index (χ1) is 25.3. The zero-order valence-electron chi connectivity index (χ0n) is 27.3. The lowest BCUT2D eigenvalue weighted by molar-refractivity contribution is 0.411. The summed E-state index contributed by atoms with van der Waals surface area (Å²) in [5.74, 6) is 0.832. The van der Waals surface area contributed by atoms with Gasteiger partial charge in [0.15, 0.2) is 0 Å². The number of fused-ring (bicyclic) bond motifs is 9. The molecule has 51 heavy (non-hydrogen) atoms. The van der Waals surface area contributed by atoms with Crippen molar-refractivity contribution in [3.63, 3.8) is 0 Å². The molecule has 6 heteroatoms. The van der Waals surface area contributed by atoms with E-state index in [1.54, 1.807) is 0 Å². The molecule has 0 radical (unpaired) electrons. The maximum Gasteiger partial charge on any atom is 0.143 e. The van der Waals surface area contributed by atoms with Gasteiger partial charge in [0.25, 0.3) is 0 Å². The molecule has 0 bridgehead atoms. The normalized spacial score (nSPS) is 16.4.